The molecule has 0 aliphatic rings. The van der Waals surface area contributed by atoms with Gasteiger partial charge in [-0.05, 0) is 200 Å². The van der Waals surface area contributed by atoms with Crippen LogP contribution in [0.2, 0.25) is 0 Å². The van der Waals surface area contributed by atoms with Crippen molar-refractivity contribution >= 4 is 23.6 Å². The Morgan fingerprint density at radius 3 is 1.28 bits per heavy atom. The molecule has 0 unspecified atom stereocenters. The van der Waals surface area contributed by atoms with Gasteiger partial charge in [0, 0.05) is 39.0 Å². The Balaban J connectivity index is 0.000000254. The summed E-state index contributed by atoms with van der Waals surface area (Å²) in [6.07, 6.45) is -5.03. The molecule has 8 aromatic rings. The van der Waals surface area contributed by atoms with Gasteiger partial charge in [-0.1, -0.05) is 123 Å². The number of carbonyl (C=O) groups is 2. The molecule has 0 saturated carbocycles. The summed E-state index contributed by atoms with van der Waals surface area (Å²) < 4.78 is 93.7. The van der Waals surface area contributed by atoms with Gasteiger partial charge in [0.25, 0.3) is 0 Å². The lowest BCUT2D eigenvalue weighted by Crippen LogP contribution is -2.24. The standard InChI is InChI=1S/C37H41F3N2O3.C36H39F3N2O3/c1-23(2)29-10-9-25(4)33(19-29)34-17-27(6)26(5)16-30(34)22-42(21-28-14-24(3)15-31(18-28)37(38,39)40)35-12-11-32(20-41-35)45-13-7-8-36(43)44;1-23(2)28-10-9-26(5)33(19-28)32-12-8-24(3)16-29(32)22-41(21-27-15-25(4)17-30(18-27)36(37,38)39)34-13-11-31(20-40-34)44-14-6-7-35(42)43/h9-12,14-20,23H,7-8,13,21-22H2,1-6H3,(H,43,44);8-13,15-20,23H,6-7,14,21-22H2,1-5H3,(H,42,43). The topological polar surface area (TPSA) is 125 Å². The van der Waals surface area contributed by atoms with Crippen LogP contribution in [0.3, 0.4) is 0 Å². The zero-order valence-corrected chi connectivity index (χ0v) is 52.6. The lowest BCUT2D eigenvalue weighted by molar-refractivity contribution is -0.138. The van der Waals surface area contributed by atoms with Crippen molar-refractivity contribution in [2.24, 2.45) is 0 Å². The van der Waals surface area contributed by atoms with E-state index >= 15 is 0 Å². The molecular weight excluding hydrogens is 1140 g/mol. The number of aliphatic carboxylic acids is 2. The van der Waals surface area contributed by atoms with Crippen LogP contribution in [0.15, 0.2) is 140 Å². The van der Waals surface area contributed by atoms with Crippen LogP contribution in [0, 0.1) is 48.5 Å². The van der Waals surface area contributed by atoms with Crippen LogP contribution in [0.4, 0.5) is 38.0 Å². The fraction of sp³-hybridized carbons (Fsp3) is 0.342. The highest BCUT2D eigenvalue weighted by Crippen LogP contribution is 2.38. The lowest BCUT2D eigenvalue weighted by atomic mass is 9.89. The Kier molecular flexibility index (Phi) is 22.9. The number of anilines is 2. The summed E-state index contributed by atoms with van der Waals surface area (Å²) in [5.41, 5.74) is 15.4. The van der Waals surface area contributed by atoms with E-state index in [9.17, 15) is 35.9 Å². The lowest BCUT2D eigenvalue weighted by Gasteiger charge is -2.27. The van der Waals surface area contributed by atoms with Gasteiger partial charge in [-0.2, -0.15) is 26.3 Å². The molecule has 16 heteroatoms. The first-order valence-corrected chi connectivity index (χ1v) is 29.9. The predicted octanol–water partition coefficient (Wildman–Crippen LogP) is 18.8. The maximum absolute atomic E-state index is 13.7. The van der Waals surface area contributed by atoms with Crippen LogP contribution in [0.5, 0.6) is 11.5 Å². The number of carboxylic acids is 2. The van der Waals surface area contributed by atoms with Crippen molar-refractivity contribution < 1.29 is 55.6 Å². The Labute approximate surface area is 519 Å². The van der Waals surface area contributed by atoms with Crippen molar-refractivity contribution in [2.45, 2.75) is 152 Å². The van der Waals surface area contributed by atoms with Crippen molar-refractivity contribution in [3.05, 3.63) is 223 Å². The third-order valence-corrected chi connectivity index (χ3v) is 15.5. The molecule has 2 heterocycles. The molecule has 89 heavy (non-hydrogen) atoms. The van der Waals surface area contributed by atoms with Crippen LogP contribution in [-0.4, -0.2) is 45.3 Å². The van der Waals surface area contributed by atoms with Crippen LogP contribution >= 0.6 is 0 Å². The third kappa shape index (κ3) is 19.4. The second-order valence-corrected chi connectivity index (χ2v) is 23.7. The van der Waals surface area contributed by atoms with E-state index in [0.717, 1.165) is 73.3 Å². The molecule has 0 aliphatic carbocycles. The molecule has 0 radical (unpaired) electrons. The van der Waals surface area contributed by atoms with E-state index in [1.165, 1.54) is 23.3 Å². The zero-order chi connectivity index (χ0) is 64.9. The molecule has 0 saturated heterocycles. The number of alkyl halides is 6. The first-order valence-electron chi connectivity index (χ1n) is 29.9. The summed E-state index contributed by atoms with van der Waals surface area (Å²) in [5, 5.41) is 17.7. The van der Waals surface area contributed by atoms with Crippen molar-refractivity contribution in [1.82, 2.24) is 9.97 Å². The molecule has 0 bridgehead atoms. The normalized spacial score (nSPS) is 11.6. The minimum Gasteiger partial charge on any atom is -0.492 e. The number of aromatic nitrogens is 2. The van der Waals surface area contributed by atoms with E-state index in [1.807, 2.05) is 16.7 Å². The third-order valence-electron chi connectivity index (χ3n) is 15.5. The molecule has 0 atom stereocenters. The summed E-state index contributed by atoms with van der Waals surface area (Å²) in [6, 6.07) is 39.1. The molecule has 470 valence electrons. The molecule has 2 N–H and O–H groups in total. The zero-order valence-electron chi connectivity index (χ0n) is 52.6. The van der Waals surface area contributed by atoms with Crippen molar-refractivity contribution in [1.29, 1.82) is 0 Å². The van der Waals surface area contributed by atoms with Crippen molar-refractivity contribution in [3.63, 3.8) is 0 Å². The fourth-order valence-corrected chi connectivity index (χ4v) is 10.6. The van der Waals surface area contributed by atoms with Gasteiger partial charge < -0.3 is 29.5 Å². The fourth-order valence-electron chi connectivity index (χ4n) is 10.6. The molecule has 0 spiro atoms. The number of hydrogen-bond donors (Lipinski definition) is 2. The largest absolute Gasteiger partial charge is 0.492 e. The summed E-state index contributed by atoms with van der Waals surface area (Å²) in [7, 11) is 0. The van der Waals surface area contributed by atoms with E-state index in [2.05, 4.69) is 132 Å². The number of ether oxygens (including phenoxy) is 2. The highest BCUT2D eigenvalue weighted by molar-refractivity contribution is 5.74. The first-order chi connectivity index (χ1) is 42.0. The van der Waals surface area contributed by atoms with E-state index in [4.69, 9.17) is 19.7 Å². The van der Waals surface area contributed by atoms with Gasteiger partial charge in [-0.15, -0.1) is 0 Å². The molecule has 6 aromatic carbocycles. The second kappa shape index (κ2) is 30.0. The molecule has 0 amide bonds. The van der Waals surface area contributed by atoms with Crippen LogP contribution in [0.1, 0.15) is 149 Å². The first kappa shape index (κ1) is 67.8. The van der Waals surface area contributed by atoms with Gasteiger partial charge in [-0.3, -0.25) is 9.59 Å². The van der Waals surface area contributed by atoms with E-state index in [0.29, 0.717) is 83.2 Å². The second-order valence-electron chi connectivity index (χ2n) is 23.7. The Morgan fingerprint density at radius 1 is 0.449 bits per heavy atom. The minimum absolute atomic E-state index is 0.00749. The van der Waals surface area contributed by atoms with Gasteiger partial charge in [0.1, 0.15) is 23.1 Å². The average molecular weight is 1220 g/mol. The molecule has 2 aromatic heterocycles. The quantitative estimate of drug-likeness (QED) is 0.0446. The van der Waals surface area contributed by atoms with Gasteiger partial charge in [0.2, 0.25) is 0 Å². The van der Waals surface area contributed by atoms with Crippen LogP contribution in [0.25, 0.3) is 22.3 Å². The number of halogens is 6. The molecule has 0 fully saturated rings. The maximum Gasteiger partial charge on any atom is 0.416 e. The van der Waals surface area contributed by atoms with Crippen LogP contribution in [-0.2, 0) is 48.1 Å². The predicted molar refractivity (Wildman–Crippen MR) is 341 cm³/mol. The molecule has 10 nitrogen and oxygen atoms in total. The number of rotatable bonds is 24. The Hall–Kier alpha value is -8.66. The SMILES string of the molecule is Cc1cc(CN(Cc2cc(C)c(C)cc2-c2cc(C(C)C)ccc2C)c2ccc(OCCCC(=O)O)cn2)cc(C(F)(F)F)c1.Cc1cc(CN(Cc2cc(C)ccc2-c2cc(C(C)C)ccc2C)c2ccc(OCCCC(=O)O)cn2)cc(C(F)(F)F)c1. The minimum atomic E-state index is -4.45. The Bertz CT molecular complexity index is 3730. The number of aryl methyl sites for hydroxylation is 7. The Morgan fingerprint density at radius 2 is 0.876 bits per heavy atom. The van der Waals surface area contributed by atoms with Gasteiger partial charge in [-0.25, -0.2) is 9.97 Å². The maximum atomic E-state index is 13.7. The highest BCUT2D eigenvalue weighted by Gasteiger charge is 2.32. The number of pyridine rings is 2. The summed E-state index contributed by atoms with van der Waals surface area (Å²) in [5.74, 6) is 1.09. The van der Waals surface area contributed by atoms with Gasteiger partial charge >= 0.3 is 24.3 Å². The molecular formula is C73H80F6N4O6. The van der Waals surface area contributed by atoms with E-state index < -0.39 is 35.4 Å². The number of benzene rings is 6. The molecule has 0 aliphatic heterocycles. The monoisotopic (exact) mass is 1220 g/mol. The smallest absolute Gasteiger partial charge is 0.416 e. The molecule has 8 rings (SSSR count). The summed E-state index contributed by atoms with van der Waals surface area (Å²) in [4.78, 5) is 34.8. The average Bonchev–Trinajstić information content (AvgIpc) is 3.65. The van der Waals surface area contributed by atoms with Crippen molar-refractivity contribution in [2.75, 3.05) is 23.0 Å². The highest BCUT2D eigenvalue weighted by atomic mass is 19.4. The summed E-state index contributed by atoms with van der Waals surface area (Å²) in [6.45, 7) is 24.0. The van der Waals surface area contributed by atoms with Gasteiger partial charge in [0.05, 0.1) is 36.7 Å². The van der Waals surface area contributed by atoms with Crippen molar-refractivity contribution in [3.8, 4) is 33.8 Å². The van der Waals surface area contributed by atoms with Crippen LogP contribution < -0.4 is 19.3 Å². The van der Waals surface area contributed by atoms with E-state index in [1.54, 1.807) is 62.6 Å². The van der Waals surface area contributed by atoms with Gasteiger partial charge in [0.15, 0.2) is 0 Å². The van der Waals surface area contributed by atoms with E-state index in [-0.39, 0.29) is 39.1 Å². The number of hydrogen-bond acceptors (Lipinski definition) is 8. The number of nitrogens with zero attached hydrogens (tertiary/aromatic N) is 4. The summed E-state index contributed by atoms with van der Waals surface area (Å²) >= 11 is 0. The number of carboxylic acid groups (broad SMARTS) is 2.